The summed E-state index contributed by atoms with van der Waals surface area (Å²) in [6, 6.07) is 13.6. The lowest BCUT2D eigenvalue weighted by Gasteiger charge is -2.22. The van der Waals surface area contributed by atoms with E-state index in [0.717, 1.165) is 5.56 Å². The summed E-state index contributed by atoms with van der Waals surface area (Å²) in [5, 5.41) is 21.1. The van der Waals surface area contributed by atoms with Gasteiger partial charge in [0.15, 0.2) is 0 Å². The zero-order valence-corrected chi connectivity index (χ0v) is 15.9. The van der Waals surface area contributed by atoms with Gasteiger partial charge in [-0.25, -0.2) is 12.4 Å². The molecule has 0 aliphatic rings. The molecule has 1 aromatic heterocycles. The Morgan fingerprint density at radius 2 is 1.73 bits per heavy atom. The number of hydrogen-bond acceptors (Lipinski definition) is 4. The van der Waals surface area contributed by atoms with E-state index >= 15 is 0 Å². The van der Waals surface area contributed by atoms with Gasteiger partial charge in [-0.05, 0) is 50.6 Å². The van der Waals surface area contributed by atoms with Crippen molar-refractivity contribution in [3.63, 3.8) is 0 Å². The van der Waals surface area contributed by atoms with Crippen molar-refractivity contribution in [3.05, 3.63) is 65.9 Å². The highest BCUT2D eigenvalue weighted by Crippen LogP contribution is 2.31. The number of aliphatic hydroxyl groups is 2. The lowest BCUT2D eigenvalue weighted by Crippen LogP contribution is -2.22. The molecule has 5 nitrogen and oxygen atoms in total. The molecule has 2 N–H and O–H groups in total. The molecule has 0 unspecified atom stereocenters. The summed E-state index contributed by atoms with van der Waals surface area (Å²) in [5.41, 5.74) is 1.05. The predicted molar refractivity (Wildman–Crippen MR) is 102 cm³/mol. The molecule has 0 bridgehead atoms. The van der Waals surface area contributed by atoms with Gasteiger partial charge in [0, 0.05) is 18.0 Å². The molecule has 6 heteroatoms. The molecule has 0 saturated heterocycles. The second-order valence-electron chi connectivity index (χ2n) is 7.24. The van der Waals surface area contributed by atoms with Gasteiger partial charge in [0.25, 0.3) is 10.0 Å². The molecule has 1 atom stereocenters. The molecular weight excluding hydrogens is 350 g/mol. The van der Waals surface area contributed by atoms with Crippen molar-refractivity contribution in [2.24, 2.45) is 0 Å². The van der Waals surface area contributed by atoms with Crippen LogP contribution < -0.4 is 0 Å². The Morgan fingerprint density at radius 3 is 2.35 bits per heavy atom. The Bertz CT molecular complexity index is 1030. The average molecular weight is 373 g/mol. The maximum atomic E-state index is 13.0. The first-order valence-corrected chi connectivity index (χ1v) is 9.86. The summed E-state index contributed by atoms with van der Waals surface area (Å²) in [4.78, 5) is 0.211. The van der Waals surface area contributed by atoms with E-state index in [1.807, 2.05) is 6.92 Å². The van der Waals surface area contributed by atoms with Crippen LogP contribution in [0.15, 0.2) is 59.6 Å². The number of benzene rings is 2. The third-order valence-corrected chi connectivity index (χ3v) is 6.06. The van der Waals surface area contributed by atoms with Crippen LogP contribution in [0.25, 0.3) is 10.9 Å². The van der Waals surface area contributed by atoms with E-state index in [4.69, 9.17) is 0 Å². The summed E-state index contributed by atoms with van der Waals surface area (Å²) in [7, 11) is -3.73. The van der Waals surface area contributed by atoms with Crippen LogP contribution in [0.3, 0.4) is 0 Å². The third-order valence-electron chi connectivity index (χ3n) is 4.36. The first kappa shape index (κ1) is 18.6. The fourth-order valence-electron chi connectivity index (χ4n) is 3.07. The molecule has 0 amide bonds. The van der Waals surface area contributed by atoms with Crippen molar-refractivity contribution < 1.29 is 18.6 Å². The predicted octanol–water partition coefficient (Wildman–Crippen LogP) is 3.38. The molecule has 0 radical (unpaired) electrons. The average Bonchev–Trinajstić information content (AvgIpc) is 2.98. The Morgan fingerprint density at radius 1 is 1.08 bits per heavy atom. The first-order chi connectivity index (χ1) is 12.1. The maximum Gasteiger partial charge on any atom is 0.268 e. The molecule has 0 aliphatic heterocycles. The van der Waals surface area contributed by atoms with Crippen LogP contribution in [-0.2, 0) is 10.0 Å². The highest BCUT2D eigenvalue weighted by atomic mass is 32.2. The molecule has 3 aromatic rings. The summed E-state index contributed by atoms with van der Waals surface area (Å²) >= 11 is 0. The fourth-order valence-corrected chi connectivity index (χ4v) is 4.42. The SMILES string of the molecule is Cc1ccc(S(=O)(=O)n2ccc3c([C@H](O)CC(C)(C)O)cccc32)cc1. The van der Waals surface area contributed by atoms with Crippen LogP contribution in [0.4, 0.5) is 0 Å². The molecular formula is C20H23NO4S. The second kappa shape index (κ2) is 6.54. The van der Waals surface area contributed by atoms with Gasteiger partial charge in [0.2, 0.25) is 0 Å². The lowest BCUT2D eigenvalue weighted by atomic mass is 9.94. The van der Waals surface area contributed by atoms with Gasteiger partial charge in [-0.1, -0.05) is 29.8 Å². The highest BCUT2D eigenvalue weighted by Gasteiger charge is 2.24. The lowest BCUT2D eigenvalue weighted by molar-refractivity contribution is 0.0184. The van der Waals surface area contributed by atoms with Gasteiger partial charge in [0.1, 0.15) is 0 Å². The Labute approximate surface area is 153 Å². The van der Waals surface area contributed by atoms with E-state index in [1.54, 1.807) is 62.4 Å². The minimum absolute atomic E-state index is 0.155. The molecule has 0 aliphatic carbocycles. The van der Waals surface area contributed by atoms with Crippen molar-refractivity contribution in [3.8, 4) is 0 Å². The van der Waals surface area contributed by atoms with Gasteiger partial charge < -0.3 is 10.2 Å². The Kier molecular flexibility index (Phi) is 4.69. The van der Waals surface area contributed by atoms with Crippen LogP contribution in [-0.4, -0.2) is 28.2 Å². The number of hydrogen-bond donors (Lipinski definition) is 2. The zero-order valence-electron chi connectivity index (χ0n) is 15.0. The molecule has 1 heterocycles. The molecule has 0 fully saturated rings. The minimum Gasteiger partial charge on any atom is -0.390 e. The van der Waals surface area contributed by atoms with E-state index in [0.29, 0.717) is 16.5 Å². The van der Waals surface area contributed by atoms with Gasteiger partial charge in [-0.15, -0.1) is 0 Å². The van der Waals surface area contributed by atoms with E-state index in [9.17, 15) is 18.6 Å². The van der Waals surface area contributed by atoms with Crippen molar-refractivity contribution >= 4 is 20.9 Å². The Hall–Kier alpha value is -2.15. The smallest absolute Gasteiger partial charge is 0.268 e. The van der Waals surface area contributed by atoms with E-state index in [2.05, 4.69) is 0 Å². The number of nitrogens with zero attached hydrogens (tertiary/aromatic N) is 1. The monoisotopic (exact) mass is 373 g/mol. The molecule has 3 rings (SSSR count). The van der Waals surface area contributed by atoms with Crippen LogP contribution >= 0.6 is 0 Å². The molecule has 26 heavy (non-hydrogen) atoms. The van der Waals surface area contributed by atoms with Crippen LogP contribution in [0.2, 0.25) is 0 Å². The molecule has 0 saturated carbocycles. The largest absolute Gasteiger partial charge is 0.390 e. The number of aryl methyl sites for hydroxylation is 1. The van der Waals surface area contributed by atoms with Gasteiger partial charge in [0.05, 0.1) is 22.1 Å². The summed E-state index contributed by atoms with van der Waals surface area (Å²) in [6.07, 6.45) is 0.763. The normalized spacial score (nSPS) is 13.9. The molecule has 138 valence electrons. The topological polar surface area (TPSA) is 79.5 Å². The van der Waals surface area contributed by atoms with Crippen molar-refractivity contribution in [2.75, 3.05) is 0 Å². The van der Waals surface area contributed by atoms with Gasteiger partial charge >= 0.3 is 0 Å². The minimum atomic E-state index is -3.73. The first-order valence-electron chi connectivity index (χ1n) is 8.42. The number of rotatable bonds is 5. The summed E-state index contributed by atoms with van der Waals surface area (Å²) in [5.74, 6) is 0. The fraction of sp³-hybridized carbons (Fsp3) is 0.300. The van der Waals surface area contributed by atoms with E-state index in [1.165, 1.54) is 10.2 Å². The van der Waals surface area contributed by atoms with Crippen molar-refractivity contribution in [2.45, 2.75) is 43.8 Å². The van der Waals surface area contributed by atoms with Gasteiger partial charge in [-0.2, -0.15) is 0 Å². The van der Waals surface area contributed by atoms with Crippen molar-refractivity contribution in [1.29, 1.82) is 0 Å². The van der Waals surface area contributed by atoms with Crippen LogP contribution in [0.5, 0.6) is 0 Å². The number of fused-ring (bicyclic) bond motifs is 1. The number of aromatic nitrogens is 1. The maximum absolute atomic E-state index is 13.0. The van der Waals surface area contributed by atoms with Crippen LogP contribution in [0.1, 0.15) is 37.5 Å². The molecule has 2 aromatic carbocycles. The standard InChI is InChI=1S/C20H23NO4S/c1-14-7-9-15(10-8-14)26(24,25)21-12-11-16-17(5-4-6-18(16)21)19(22)13-20(2,3)23/h4-12,19,22-23H,13H2,1-3H3/t19-/m1/s1. The highest BCUT2D eigenvalue weighted by molar-refractivity contribution is 7.90. The molecule has 0 spiro atoms. The number of aliphatic hydroxyl groups excluding tert-OH is 1. The van der Waals surface area contributed by atoms with Gasteiger partial charge in [-0.3, -0.25) is 0 Å². The second-order valence-corrected chi connectivity index (χ2v) is 9.06. The third kappa shape index (κ3) is 3.53. The summed E-state index contributed by atoms with van der Waals surface area (Å²) in [6.45, 7) is 5.16. The van der Waals surface area contributed by atoms with E-state index < -0.39 is 21.7 Å². The van der Waals surface area contributed by atoms with Crippen LogP contribution in [0, 0.1) is 6.92 Å². The zero-order chi connectivity index (χ0) is 19.1. The quantitative estimate of drug-likeness (QED) is 0.718. The van der Waals surface area contributed by atoms with Crippen molar-refractivity contribution in [1.82, 2.24) is 3.97 Å². The summed E-state index contributed by atoms with van der Waals surface area (Å²) < 4.78 is 27.2. The Balaban J connectivity index is 2.10. The van der Waals surface area contributed by atoms with E-state index in [-0.39, 0.29) is 11.3 Å².